The van der Waals surface area contributed by atoms with Gasteiger partial charge in [0.1, 0.15) is 4.90 Å². The van der Waals surface area contributed by atoms with Crippen molar-refractivity contribution in [2.45, 2.75) is 43.5 Å². The normalized spacial score (nSPS) is 23.5. The Morgan fingerprint density at radius 3 is 2.57 bits per heavy atom. The molecule has 2 unspecified atom stereocenters. The van der Waals surface area contributed by atoms with Crippen LogP contribution in [0, 0.1) is 11.7 Å². The molecule has 1 aliphatic carbocycles. The Labute approximate surface area is 130 Å². The SMILES string of the molecule is CC1CCCCC1N(C)S(=O)(=O)c1cc(N)cc(Cl)c1F. The first-order valence-corrected chi connectivity index (χ1v) is 8.79. The molecule has 0 bridgehead atoms. The quantitative estimate of drug-likeness (QED) is 0.863. The topological polar surface area (TPSA) is 63.4 Å². The average Bonchev–Trinajstić information content (AvgIpc) is 2.42. The van der Waals surface area contributed by atoms with Crippen molar-refractivity contribution in [1.29, 1.82) is 0 Å². The van der Waals surface area contributed by atoms with Gasteiger partial charge in [-0.3, -0.25) is 0 Å². The Kier molecular flexibility index (Phi) is 4.80. The average molecular weight is 335 g/mol. The highest BCUT2D eigenvalue weighted by atomic mass is 35.5. The number of halogens is 2. The number of sulfonamides is 1. The first-order valence-electron chi connectivity index (χ1n) is 6.97. The first kappa shape index (κ1) is 16.5. The maximum atomic E-state index is 14.1. The molecule has 1 aromatic carbocycles. The van der Waals surface area contributed by atoms with E-state index in [0.717, 1.165) is 31.7 Å². The van der Waals surface area contributed by atoms with Gasteiger partial charge in [0.05, 0.1) is 5.02 Å². The molecule has 2 rings (SSSR count). The van der Waals surface area contributed by atoms with Crippen molar-refractivity contribution in [3.63, 3.8) is 0 Å². The summed E-state index contributed by atoms with van der Waals surface area (Å²) < 4.78 is 40.7. The predicted molar refractivity (Wildman–Crippen MR) is 82.2 cm³/mol. The smallest absolute Gasteiger partial charge is 0.246 e. The zero-order valence-corrected chi connectivity index (χ0v) is 13.7. The molecule has 7 heteroatoms. The monoisotopic (exact) mass is 334 g/mol. The summed E-state index contributed by atoms with van der Waals surface area (Å²) in [6, 6.07) is 2.21. The van der Waals surface area contributed by atoms with Crippen LogP contribution >= 0.6 is 11.6 Å². The van der Waals surface area contributed by atoms with Crippen molar-refractivity contribution in [2.75, 3.05) is 12.8 Å². The molecule has 0 radical (unpaired) electrons. The molecule has 0 saturated heterocycles. The summed E-state index contributed by atoms with van der Waals surface area (Å²) in [4.78, 5) is -0.451. The lowest BCUT2D eigenvalue weighted by Gasteiger charge is -2.35. The molecule has 0 aromatic heterocycles. The number of hydrogen-bond acceptors (Lipinski definition) is 3. The zero-order chi connectivity index (χ0) is 15.8. The first-order chi connectivity index (χ1) is 9.75. The molecule has 0 heterocycles. The van der Waals surface area contributed by atoms with Crippen molar-refractivity contribution in [3.05, 3.63) is 23.0 Å². The number of nitrogen functional groups attached to an aromatic ring is 1. The number of anilines is 1. The van der Waals surface area contributed by atoms with Crippen molar-refractivity contribution < 1.29 is 12.8 Å². The van der Waals surface area contributed by atoms with Crippen molar-refractivity contribution in [1.82, 2.24) is 4.31 Å². The molecular weight excluding hydrogens is 315 g/mol. The molecule has 4 nitrogen and oxygen atoms in total. The fraction of sp³-hybridized carbons (Fsp3) is 0.571. The van der Waals surface area contributed by atoms with Crippen molar-refractivity contribution in [3.8, 4) is 0 Å². The third-order valence-electron chi connectivity index (χ3n) is 4.21. The Bertz CT molecular complexity index is 636. The van der Waals surface area contributed by atoms with E-state index >= 15 is 0 Å². The van der Waals surface area contributed by atoms with E-state index < -0.39 is 20.7 Å². The second kappa shape index (κ2) is 6.10. The van der Waals surface area contributed by atoms with Gasteiger partial charge in [-0.2, -0.15) is 4.31 Å². The second-order valence-electron chi connectivity index (χ2n) is 5.67. The Morgan fingerprint density at radius 1 is 1.33 bits per heavy atom. The van der Waals surface area contributed by atoms with Crippen LogP contribution in [0.15, 0.2) is 17.0 Å². The van der Waals surface area contributed by atoms with Gasteiger partial charge in [0.25, 0.3) is 0 Å². The van der Waals surface area contributed by atoms with E-state index in [4.69, 9.17) is 17.3 Å². The summed E-state index contributed by atoms with van der Waals surface area (Å²) in [7, 11) is -2.45. The van der Waals surface area contributed by atoms with Gasteiger partial charge >= 0.3 is 0 Å². The second-order valence-corrected chi connectivity index (χ2v) is 8.04. The number of rotatable bonds is 3. The molecular formula is C14H20ClFN2O2S. The number of benzene rings is 1. The van der Waals surface area contributed by atoms with Crippen LogP contribution in [0.5, 0.6) is 0 Å². The lowest BCUT2D eigenvalue weighted by molar-refractivity contribution is 0.213. The molecule has 0 spiro atoms. The van der Waals surface area contributed by atoms with Gasteiger partial charge in [0.15, 0.2) is 5.82 Å². The molecule has 2 N–H and O–H groups in total. The maximum absolute atomic E-state index is 14.1. The van der Waals surface area contributed by atoms with E-state index in [1.165, 1.54) is 17.4 Å². The summed E-state index contributed by atoms with van der Waals surface area (Å²) in [6.07, 6.45) is 3.85. The lowest BCUT2D eigenvalue weighted by Crippen LogP contribution is -2.42. The Balaban J connectivity index is 2.42. The van der Waals surface area contributed by atoms with Crippen LogP contribution in [0.2, 0.25) is 5.02 Å². The molecule has 1 fully saturated rings. The van der Waals surface area contributed by atoms with Gasteiger partial charge in [-0.15, -0.1) is 0 Å². The summed E-state index contributed by atoms with van der Waals surface area (Å²) in [5.41, 5.74) is 5.73. The highest BCUT2D eigenvalue weighted by molar-refractivity contribution is 7.89. The summed E-state index contributed by atoms with van der Waals surface area (Å²) in [5.74, 6) is -0.695. The molecule has 1 saturated carbocycles. The molecule has 0 amide bonds. The fourth-order valence-corrected chi connectivity index (χ4v) is 4.83. The Morgan fingerprint density at radius 2 is 1.95 bits per heavy atom. The largest absolute Gasteiger partial charge is 0.399 e. The third kappa shape index (κ3) is 3.17. The number of nitrogens with two attached hydrogens (primary N) is 1. The van der Waals surface area contributed by atoms with E-state index in [-0.39, 0.29) is 22.7 Å². The summed E-state index contributed by atoms with van der Waals surface area (Å²) in [5, 5.41) is -0.279. The van der Waals surface area contributed by atoms with E-state index in [1.807, 2.05) is 6.92 Å². The van der Waals surface area contributed by atoms with Gasteiger partial charge in [-0.05, 0) is 30.9 Å². The highest BCUT2D eigenvalue weighted by Gasteiger charge is 2.35. The lowest BCUT2D eigenvalue weighted by atomic mass is 9.86. The van der Waals surface area contributed by atoms with E-state index in [1.54, 1.807) is 0 Å². The van der Waals surface area contributed by atoms with Crippen LogP contribution in [-0.2, 0) is 10.0 Å². The summed E-state index contributed by atoms with van der Waals surface area (Å²) >= 11 is 5.71. The van der Waals surface area contributed by atoms with Crippen molar-refractivity contribution in [2.24, 2.45) is 5.92 Å². The number of hydrogen-bond donors (Lipinski definition) is 1. The third-order valence-corrected chi connectivity index (χ3v) is 6.36. The van der Waals surface area contributed by atoms with Crippen LogP contribution in [0.3, 0.4) is 0 Å². The van der Waals surface area contributed by atoms with Crippen LogP contribution in [0.1, 0.15) is 32.6 Å². The molecule has 21 heavy (non-hydrogen) atoms. The minimum Gasteiger partial charge on any atom is -0.399 e. The van der Waals surface area contributed by atoms with Crippen LogP contribution in [0.4, 0.5) is 10.1 Å². The van der Waals surface area contributed by atoms with E-state index in [0.29, 0.717) is 0 Å². The van der Waals surface area contributed by atoms with Gasteiger partial charge in [0.2, 0.25) is 10.0 Å². The molecule has 1 aliphatic rings. The fourth-order valence-electron chi connectivity index (χ4n) is 2.94. The molecule has 2 atom stereocenters. The molecule has 1 aromatic rings. The van der Waals surface area contributed by atoms with Gasteiger partial charge in [-0.1, -0.05) is 31.4 Å². The van der Waals surface area contributed by atoms with E-state index in [9.17, 15) is 12.8 Å². The predicted octanol–water partition coefficient (Wildman–Crippen LogP) is 3.26. The van der Waals surface area contributed by atoms with Crippen LogP contribution in [0.25, 0.3) is 0 Å². The Hall–Kier alpha value is -0.850. The van der Waals surface area contributed by atoms with Gasteiger partial charge in [0, 0.05) is 18.8 Å². The minimum absolute atomic E-state index is 0.122. The van der Waals surface area contributed by atoms with E-state index in [2.05, 4.69) is 0 Å². The van der Waals surface area contributed by atoms with Crippen LogP contribution < -0.4 is 5.73 Å². The minimum atomic E-state index is -3.95. The zero-order valence-electron chi connectivity index (χ0n) is 12.1. The molecule has 118 valence electrons. The van der Waals surface area contributed by atoms with Gasteiger partial charge in [-0.25, -0.2) is 12.8 Å². The highest BCUT2D eigenvalue weighted by Crippen LogP contribution is 2.33. The number of nitrogens with zero attached hydrogens (tertiary/aromatic N) is 1. The molecule has 0 aliphatic heterocycles. The van der Waals surface area contributed by atoms with Crippen LogP contribution in [-0.4, -0.2) is 25.8 Å². The van der Waals surface area contributed by atoms with Crippen molar-refractivity contribution >= 4 is 27.3 Å². The maximum Gasteiger partial charge on any atom is 0.246 e. The van der Waals surface area contributed by atoms with Gasteiger partial charge < -0.3 is 5.73 Å². The standard InChI is InChI=1S/C14H20ClFN2O2S/c1-9-5-3-4-6-12(9)18(2)21(19,20)13-8-10(17)7-11(15)14(13)16/h7-9,12H,3-6,17H2,1-2H3. The summed E-state index contributed by atoms with van der Waals surface area (Å²) in [6.45, 7) is 2.03.